The minimum absolute atomic E-state index is 1.08. The van der Waals surface area contributed by atoms with Gasteiger partial charge in [-0.1, -0.05) is 0 Å². The van der Waals surface area contributed by atoms with Crippen molar-refractivity contribution >= 4 is 22.3 Å². The van der Waals surface area contributed by atoms with Crippen LogP contribution < -0.4 is 8.70 Å². The number of rotatable bonds is 6. The molecule has 0 heterocycles. The van der Waals surface area contributed by atoms with Crippen LogP contribution in [0.1, 0.15) is 5.56 Å². The molecule has 0 saturated carbocycles. The van der Waals surface area contributed by atoms with Crippen LogP contribution >= 0.6 is 0 Å². The zero-order valence-corrected chi connectivity index (χ0v) is 15.2. The van der Waals surface area contributed by atoms with Crippen LogP contribution in [0.3, 0.4) is 0 Å². The first-order chi connectivity index (χ1) is 11.3. The van der Waals surface area contributed by atoms with Gasteiger partial charge < -0.3 is 0 Å². The van der Waals surface area contributed by atoms with Crippen molar-refractivity contribution in [3.8, 4) is 0 Å². The standard InChI is InChI=1S/C22H22As/c1-2-18-23(21-14-8-4-9-15-21,22-16-10-5-11-17-22)19-20-12-6-3-7-13-20/h2-17H,1,18-19H2/q+1. The molecule has 0 aliphatic carbocycles. The number of benzene rings is 3. The molecule has 0 atom stereocenters. The Labute approximate surface area is 142 Å². The van der Waals surface area contributed by atoms with E-state index in [4.69, 9.17) is 0 Å². The van der Waals surface area contributed by atoms with Gasteiger partial charge in [0.15, 0.2) is 0 Å². The van der Waals surface area contributed by atoms with Crippen LogP contribution in [0.2, 0.25) is 5.21 Å². The molecule has 0 N–H and O–H groups in total. The third-order valence-electron chi connectivity index (χ3n) is 4.24. The summed E-state index contributed by atoms with van der Waals surface area (Å²) in [5, 5.41) is 2.22. The van der Waals surface area contributed by atoms with Crippen molar-refractivity contribution in [2.24, 2.45) is 0 Å². The van der Waals surface area contributed by atoms with E-state index in [1.165, 1.54) is 14.3 Å². The fourth-order valence-electron chi connectivity index (χ4n) is 3.15. The molecule has 3 aromatic carbocycles. The molecule has 0 nitrogen and oxygen atoms in total. The minimum atomic E-state index is -2.34. The Bertz CT molecular complexity index is 693. The molecule has 0 bridgehead atoms. The van der Waals surface area contributed by atoms with Gasteiger partial charge in [-0.05, 0) is 0 Å². The van der Waals surface area contributed by atoms with Crippen molar-refractivity contribution in [1.82, 2.24) is 0 Å². The second-order valence-electron chi connectivity index (χ2n) is 5.75. The van der Waals surface area contributed by atoms with E-state index < -0.39 is 13.6 Å². The maximum absolute atomic E-state index is 4.08. The molecular formula is C22H22As+. The summed E-state index contributed by atoms with van der Waals surface area (Å²) >= 11 is -2.34. The summed E-state index contributed by atoms with van der Waals surface area (Å²) in [6.07, 6.45) is 2.12. The Hall–Kier alpha value is -2.04. The van der Waals surface area contributed by atoms with E-state index >= 15 is 0 Å². The topological polar surface area (TPSA) is 0 Å². The van der Waals surface area contributed by atoms with Gasteiger partial charge in [-0.25, -0.2) is 0 Å². The van der Waals surface area contributed by atoms with Crippen molar-refractivity contribution < 1.29 is 0 Å². The zero-order valence-electron chi connectivity index (χ0n) is 13.3. The van der Waals surface area contributed by atoms with Gasteiger partial charge in [-0.15, -0.1) is 0 Å². The molecule has 114 valence electrons. The number of hydrogen-bond donors (Lipinski definition) is 0. The molecular weight excluding hydrogens is 339 g/mol. The second-order valence-corrected chi connectivity index (χ2v) is 13.4. The summed E-state index contributed by atoms with van der Waals surface area (Å²) in [4.78, 5) is 0. The zero-order chi connectivity index (χ0) is 16.0. The van der Waals surface area contributed by atoms with Gasteiger partial charge in [-0.3, -0.25) is 0 Å². The van der Waals surface area contributed by atoms with Gasteiger partial charge in [0.1, 0.15) is 0 Å². The van der Waals surface area contributed by atoms with Crippen molar-refractivity contribution in [3.05, 3.63) is 109 Å². The van der Waals surface area contributed by atoms with Gasteiger partial charge in [0, 0.05) is 0 Å². The third kappa shape index (κ3) is 3.49. The van der Waals surface area contributed by atoms with Crippen LogP contribution in [0.25, 0.3) is 0 Å². The third-order valence-corrected chi connectivity index (χ3v) is 13.4. The van der Waals surface area contributed by atoms with E-state index in [-0.39, 0.29) is 0 Å². The Morgan fingerprint density at radius 3 is 1.52 bits per heavy atom. The average Bonchev–Trinajstić information content (AvgIpc) is 2.64. The summed E-state index contributed by atoms with van der Waals surface area (Å²) in [6.45, 7) is 4.08. The first-order valence-corrected chi connectivity index (χ1v) is 12.5. The predicted octanol–water partition coefficient (Wildman–Crippen LogP) is 4.22. The van der Waals surface area contributed by atoms with E-state index in [1.807, 2.05) is 0 Å². The van der Waals surface area contributed by atoms with E-state index in [2.05, 4.69) is 104 Å². The average molecular weight is 361 g/mol. The monoisotopic (exact) mass is 361 g/mol. The summed E-state index contributed by atoms with van der Waals surface area (Å²) in [5.74, 6) is 0. The molecule has 0 saturated heterocycles. The molecule has 0 amide bonds. The first kappa shape index (κ1) is 15.8. The molecule has 0 aromatic heterocycles. The molecule has 0 unspecified atom stereocenters. The molecule has 0 radical (unpaired) electrons. The Morgan fingerprint density at radius 2 is 1.09 bits per heavy atom. The number of allylic oxidation sites excluding steroid dienone is 1. The number of hydrogen-bond acceptors (Lipinski definition) is 0. The molecule has 0 spiro atoms. The van der Waals surface area contributed by atoms with E-state index in [0.29, 0.717) is 0 Å². The van der Waals surface area contributed by atoms with Crippen molar-refractivity contribution in [1.29, 1.82) is 0 Å². The Balaban J connectivity index is 2.16. The second kappa shape index (κ2) is 7.48. The fraction of sp³-hybridized carbons (Fsp3) is 0.0909. The van der Waals surface area contributed by atoms with Crippen LogP contribution in [-0.4, -0.2) is 13.6 Å². The Morgan fingerprint density at radius 1 is 0.652 bits per heavy atom. The van der Waals surface area contributed by atoms with Crippen LogP contribution in [0, 0.1) is 0 Å². The predicted molar refractivity (Wildman–Crippen MR) is 103 cm³/mol. The van der Waals surface area contributed by atoms with Crippen LogP contribution in [0.5, 0.6) is 0 Å². The van der Waals surface area contributed by atoms with E-state index in [9.17, 15) is 0 Å². The van der Waals surface area contributed by atoms with Gasteiger partial charge in [0.25, 0.3) is 0 Å². The molecule has 0 fully saturated rings. The fourth-order valence-corrected chi connectivity index (χ4v) is 11.5. The van der Waals surface area contributed by atoms with Crippen LogP contribution in [0.15, 0.2) is 104 Å². The van der Waals surface area contributed by atoms with Gasteiger partial charge in [0.05, 0.1) is 0 Å². The normalized spacial score (nSPS) is 11.1. The molecule has 23 heavy (non-hydrogen) atoms. The summed E-state index contributed by atoms with van der Waals surface area (Å²) in [6, 6.07) is 33.0. The van der Waals surface area contributed by atoms with Crippen molar-refractivity contribution in [2.75, 3.05) is 0 Å². The van der Waals surface area contributed by atoms with Gasteiger partial charge in [0.2, 0.25) is 0 Å². The molecule has 3 aromatic rings. The van der Waals surface area contributed by atoms with Crippen LogP contribution in [0.4, 0.5) is 0 Å². The molecule has 1 heteroatoms. The maximum atomic E-state index is 4.08. The SMILES string of the molecule is C=CC[As+](Cc1ccccc1)(c1ccccc1)c1ccccc1. The van der Waals surface area contributed by atoms with Crippen molar-refractivity contribution in [2.45, 2.75) is 10.4 Å². The molecule has 0 aliphatic heterocycles. The van der Waals surface area contributed by atoms with Gasteiger partial charge >= 0.3 is 142 Å². The summed E-state index contributed by atoms with van der Waals surface area (Å²) in [5.41, 5.74) is 1.43. The summed E-state index contributed by atoms with van der Waals surface area (Å²) < 4.78 is 3.03. The van der Waals surface area contributed by atoms with E-state index in [1.54, 1.807) is 0 Å². The van der Waals surface area contributed by atoms with Gasteiger partial charge in [-0.2, -0.15) is 0 Å². The first-order valence-electron chi connectivity index (χ1n) is 7.98. The van der Waals surface area contributed by atoms with E-state index in [0.717, 1.165) is 10.4 Å². The quantitative estimate of drug-likeness (QED) is 0.456. The summed E-state index contributed by atoms with van der Waals surface area (Å²) in [7, 11) is 0. The Kier molecular flexibility index (Phi) is 5.15. The molecule has 3 rings (SSSR count). The van der Waals surface area contributed by atoms with Crippen LogP contribution in [-0.2, 0) is 5.21 Å². The van der Waals surface area contributed by atoms with Crippen molar-refractivity contribution in [3.63, 3.8) is 0 Å². The molecule has 0 aliphatic rings.